The van der Waals surface area contributed by atoms with Crippen molar-refractivity contribution in [2.45, 2.75) is 33.3 Å². The molecule has 118 valence electrons. The van der Waals surface area contributed by atoms with E-state index in [9.17, 15) is 9.90 Å². The third kappa shape index (κ3) is 3.87. The second-order valence-corrected chi connectivity index (χ2v) is 6.03. The van der Waals surface area contributed by atoms with E-state index in [-0.39, 0.29) is 18.2 Å². The molecule has 1 atom stereocenters. The second-order valence-electron chi connectivity index (χ2n) is 5.62. The molecule has 1 heterocycles. The van der Waals surface area contributed by atoms with Gasteiger partial charge in [0, 0.05) is 11.8 Å². The lowest BCUT2D eigenvalue weighted by molar-refractivity contribution is -0.118. The highest BCUT2D eigenvalue weighted by Gasteiger charge is 2.16. The molecular weight excluding hydrogens is 302 g/mol. The van der Waals surface area contributed by atoms with E-state index in [4.69, 9.17) is 11.6 Å². The van der Waals surface area contributed by atoms with E-state index in [1.807, 2.05) is 39.0 Å². The molecule has 1 unspecified atom stereocenters. The Kier molecular flexibility index (Phi) is 5.21. The van der Waals surface area contributed by atoms with E-state index in [0.29, 0.717) is 10.8 Å². The summed E-state index contributed by atoms with van der Waals surface area (Å²) >= 11 is 6.15. The molecule has 1 aromatic carbocycles. The predicted molar refractivity (Wildman–Crippen MR) is 87.4 cm³/mol. The van der Waals surface area contributed by atoms with Crippen molar-refractivity contribution in [2.75, 3.05) is 5.32 Å². The molecule has 2 N–H and O–H groups in total. The van der Waals surface area contributed by atoms with Gasteiger partial charge in [-0.15, -0.1) is 5.10 Å². The number of carbonyl (C=O) groups excluding carboxylic acids is 1. The number of amides is 1. The number of carbonyl (C=O) groups is 1. The summed E-state index contributed by atoms with van der Waals surface area (Å²) in [6.45, 7) is 5.60. The highest BCUT2D eigenvalue weighted by Crippen LogP contribution is 2.22. The van der Waals surface area contributed by atoms with Gasteiger partial charge >= 0.3 is 0 Å². The molecule has 0 bridgehead atoms. The number of aliphatic hydroxyl groups is 1. The summed E-state index contributed by atoms with van der Waals surface area (Å²) < 4.78 is 1.63. The summed E-state index contributed by atoms with van der Waals surface area (Å²) in [5, 5.41) is 17.4. The van der Waals surface area contributed by atoms with Gasteiger partial charge in [-0.25, -0.2) is 4.68 Å². The smallest absolute Gasteiger partial charge is 0.228 e. The summed E-state index contributed by atoms with van der Waals surface area (Å²) in [5.74, 6) is 0.252. The average Bonchev–Trinajstić information content (AvgIpc) is 2.80. The third-order valence-electron chi connectivity index (χ3n) is 3.42. The van der Waals surface area contributed by atoms with Crippen molar-refractivity contribution in [3.63, 3.8) is 0 Å². The minimum Gasteiger partial charge on any atom is -0.392 e. The molecule has 0 saturated carbocycles. The fourth-order valence-corrected chi connectivity index (χ4v) is 2.18. The van der Waals surface area contributed by atoms with Gasteiger partial charge in [0.25, 0.3) is 0 Å². The number of nitrogens with one attached hydrogen (secondary N) is 1. The molecule has 0 aliphatic heterocycles. The highest BCUT2D eigenvalue weighted by atomic mass is 35.5. The number of aryl methyl sites for hydroxylation is 1. The Balaban J connectivity index is 2.14. The molecule has 2 aromatic rings. The monoisotopic (exact) mass is 321 g/mol. The average molecular weight is 322 g/mol. The maximum absolute atomic E-state index is 11.9. The minimum absolute atomic E-state index is 0.0347. The molecule has 0 aliphatic rings. The van der Waals surface area contributed by atoms with Crippen LogP contribution in [0.3, 0.4) is 0 Å². The fourth-order valence-electron chi connectivity index (χ4n) is 1.95. The number of anilines is 1. The summed E-state index contributed by atoms with van der Waals surface area (Å²) in [6.07, 6.45) is 1.19. The molecule has 0 fully saturated rings. The van der Waals surface area contributed by atoms with Gasteiger partial charge in [-0.05, 0) is 25.0 Å². The zero-order valence-electron chi connectivity index (χ0n) is 12.9. The van der Waals surface area contributed by atoms with Crippen LogP contribution in [-0.2, 0) is 4.79 Å². The maximum Gasteiger partial charge on any atom is 0.228 e. The molecule has 2 rings (SSSR count). The number of aliphatic hydroxyl groups excluding tert-OH is 1. The van der Waals surface area contributed by atoms with Gasteiger partial charge in [0.2, 0.25) is 5.91 Å². The molecular formula is C16H20ClN3O2. The van der Waals surface area contributed by atoms with Crippen molar-refractivity contribution >= 4 is 23.3 Å². The molecule has 1 aromatic heterocycles. The first-order valence-corrected chi connectivity index (χ1v) is 7.55. The predicted octanol–water partition coefficient (Wildman–Crippen LogP) is 3.18. The Morgan fingerprint density at radius 3 is 2.73 bits per heavy atom. The van der Waals surface area contributed by atoms with Gasteiger partial charge < -0.3 is 10.4 Å². The van der Waals surface area contributed by atoms with Crippen LogP contribution in [0.25, 0.3) is 5.69 Å². The zero-order valence-corrected chi connectivity index (χ0v) is 13.6. The van der Waals surface area contributed by atoms with Crippen LogP contribution in [0.5, 0.6) is 0 Å². The number of hydrogen-bond acceptors (Lipinski definition) is 3. The number of rotatable bonds is 5. The van der Waals surface area contributed by atoms with Crippen molar-refractivity contribution in [1.29, 1.82) is 0 Å². The summed E-state index contributed by atoms with van der Waals surface area (Å²) in [4.78, 5) is 11.9. The lowest BCUT2D eigenvalue weighted by Crippen LogP contribution is -2.24. The number of aromatic nitrogens is 2. The Hall–Kier alpha value is -1.85. The molecule has 0 aliphatic carbocycles. The van der Waals surface area contributed by atoms with E-state index < -0.39 is 6.10 Å². The van der Waals surface area contributed by atoms with Crippen molar-refractivity contribution < 1.29 is 9.90 Å². The first-order valence-electron chi connectivity index (χ1n) is 7.17. The number of nitrogens with zero attached hydrogens (tertiary/aromatic N) is 2. The lowest BCUT2D eigenvalue weighted by Gasteiger charge is -2.13. The first-order chi connectivity index (χ1) is 10.4. The van der Waals surface area contributed by atoms with Crippen LogP contribution < -0.4 is 5.32 Å². The van der Waals surface area contributed by atoms with Crippen LogP contribution in [0.4, 0.5) is 5.82 Å². The Bertz CT molecular complexity index is 667. The molecule has 22 heavy (non-hydrogen) atoms. The molecule has 5 nitrogen and oxygen atoms in total. The quantitative estimate of drug-likeness (QED) is 0.888. The summed E-state index contributed by atoms with van der Waals surface area (Å²) in [6, 6.07) is 7.35. The lowest BCUT2D eigenvalue weighted by atomic mass is 10.0. The largest absolute Gasteiger partial charge is 0.392 e. The van der Waals surface area contributed by atoms with Gasteiger partial charge in [0.05, 0.1) is 23.2 Å². The number of halogens is 1. The van der Waals surface area contributed by atoms with Gasteiger partial charge in [-0.1, -0.05) is 37.6 Å². The third-order valence-corrected chi connectivity index (χ3v) is 3.74. The molecule has 0 spiro atoms. The SMILES string of the molecule is Cc1cn(-c2ccccc2Cl)nc1NC(=O)CC(O)C(C)C. The van der Waals surface area contributed by atoms with Crippen LogP contribution in [0.2, 0.25) is 5.02 Å². The van der Waals surface area contributed by atoms with E-state index in [1.165, 1.54) is 0 Å². The number of hydrogen-bond donors (Lipinski definition) is 2. The van der Waals surface area contributed by atoms with Crippen LogP contribution in [0.15, 0.2) is 30.5 Å². The van der Waals surface area contributed by atoms with E-state index >= 15 is 0 Å². The van der Waals surface area contributed by atoms with E-state index in [1.54, 1.807) is 16.9 Å². The maximum atomic E-state index is 11.9. The standard InChI is InChI=1S/C16H20ClN3O2/c1-10(2)14(21)8-15(22)18-16-11(3)9-20(19-16)13-7-5-4-6-12(13)17/h4-7,9-10,14,21H,8H2,1-3H3,(H,18,19,22). The van der Waals surface area contributed by atoms with Crippen LogP contribution in [-0.4, -0.2) is 26.9 Å². The van der Waals surface area contributed by atoms with Crippen molar-refractivity contribution in [1.82, 2.24) is 9.78 Å². The van der Waals surface area contributed by atoms with Crippen molar-refractivity contribution in [3.05, 3.63) is 41.0 Å². The summed E-state index contributed by atoms with van der Waals surface area (Å²) in [7, 11) is 0. The second kappa shape index (κ2) is 6.94. The van der Waals surface area contributed by atoms with Crippen molar-refractivity contribution in [3.8, 4) is 5.69 Å². The highest BCUT2D eigenvalue weighted by molar-refractivity contribution is 6.32. The van der Waals surface area contributed by atoms with E-state index in [0.717, 1.165) is 11.3 Å². The van der Waals surface area contributed by atoms with Gasteiger partial charge in [0.15, 0.2) is 5.82 Å². The topological polar surface area (TPSA) is 67.2 Å². The number of benzene rings is 1. The normalized spacial score (nSPS) is 12.5. The zero-order chi connectivity index (χ0) is 16.3. The first kappa shape index (κ1) is 16.5. The Labute approximate surface area is 134 Å². The van der Waals surface area contributed by atoms with Gasteiger partial charge in [-0.3, -0.25) is 4.79 Å². The summed E-state index contributed by atoms with van der Waals surface area (Å²) in [5.41, 5.74) is 1.57. The Morgan fingerprint density at radius 2 is 2.09 bits per heavy atom. The van der Waals surface area contributed by atoms with Gasteiger partial charge in [0.1, 0.15) is 0 Å². The Morgan fingerprint density at radius 1 is 1.41 bits per heavy atom. The minimum atomic E-state index is -0.661. The molecule has 1 amide bonds. The molecule has 0 saturated heterocycles. The van der Waals surface area contributed by atoms with Crippen molar-refractivity contribution in [2.24, 2.45) is 5.92 Å². The van der Waals surface area contributed by atoms with Gasteiger partial charge in [-0.2, -0.15) is 0 Å². The molecule has 0 radical (unpaired) electrons. The van der Waals surface area contributed by atoms with Crippen LogP contribution in [0.1, 0.15) is 25.8 Å². The fraction of sp³-hybridized carbons (Fsp3) is 0.375. The van der Waals surface area contributed by atoms with Crippen LogP contribution >= 0.6 is 11.6 Å². The molecule has 6 heteroatoms. The van der Waals surface area contributed by atoms with E-state index in [2.05, 4.69) is 10.4 Å². The van der Waals surface area contributed by atoms with Crippen LogP contribution in [0, 0.1) is 12.8 Å². The number of para-hydroxylation sites is 1.